The molecule has 0 radical (unpaired) electrons. The molecule has 164 valence electrons. The Morgan fingerprint density at radius 3 is 1.03 bits per heavy atom. The third kappa shape index (κ3) is 3.87. The van der Waals surface area contributed by atoms with Crippen LogP contribution in [0.1, 0.15) is 36.2 Å². The van der Waals surface area contributed by atoms with Crippen molar-refractivity contribution in [2.45, 2.75) is 18.9 Å². The summed E-state index contributed by atoms with van der Waals surface area (Å²) in [6, 6.07) is 11.3. The Morgan fingerprint density at radius 2 is 0.742 bits per heavy atom. The lowest BCUT2D eigenvalue weighted by molar-refractivity contribution is -0.0582. The van der Waals surface area contributed by atoms with Crippen molar-refractivity contribution < 1.29 is 41.7 Å². The quantitative estimate of drug-likeness (QED) is 0.527. The maximum Gasteiger partial charge on any atom is 0.217 e. The Labute approximate surface area is 178 Å². The van der Waals surface area contributed by atoms with E-state index in [1.807, 2.05) is 36.4 Å². The molecule has 0 bridgehead atoms. The maximum atomic E-state index is 6.14. The third-order valence-electron chi connectivity index (χ3n) is 5.06. The lowest BCUT2D eigenvalue weighted by atomic mass is 10.4. The first-order chi connectivity index (χ1) is 15.3. The van der Waals surface area contributed by atoms with Gasteiger partial charge in [-0.05, 0) is 36.4 Å². The summed E-state index contributed by atoms with van der Waals surface area (Å²) >= 11 is 0. The van der Waals surface area contributed by atoms with Gasteiger partial charge < -0.3 is 41.7 Å². The molecule has 3 aliphatic heterocycles. The average Bonchev–Trinajstić information content (AvgIpc) is 3.61. The van der Waals surface area contributed by atoms with Gasteiger partial charge in [-0.15, -0.1) is 0 Å². The fourth-order valence-corrected chi connectivity index (χ4v) is 5.57. The predicted octanol–water partition coefficient (Wildman–Crippen LogP) is 2.36. The van der Waals surface area contributed by atoms with Crippen LogP contribution in [0.4, 0.5) is 0 Å². The molecular formula is C21H21O9P. The molecule has 0 aliphatic carbocycles. The number of hydrogen-bond donors (Lipinski definition) is 0. The van der Waals surface area contributed by atoms with Crippen molar-refractivity contribution >= 4 is 24.4 Å². The molecule has 0 amide bonds. The standard InChI is InChI=1S/C21H21O9P/c1-4-16(28-13(1)19-22-7-8-23-19)31(17-5-2-14(29-17)20-24-9-10-25-20)18-6-3-15(30-18)21-26-11-12-27-21/h1-6,19-21H,7-12H2. The Bertz CT molecular complexity index is 877. The molecule has 0 aromatic carbocycles. The van der Waals surface area contributed by atoms with Crippen LogP contribution in [0.5, 0.6) is 0 Å². The molecule has 0 N–H and O–H groups in total. The molecule has 3 saturated heterocycles. The van der Waals surface area contributed by atoms with Crippen molar-refractivity contribution in [1.29, 1.82) is 0 Å². The van der Waals surface area contributed by atoms with E-state index < -0.39 is 26.8 Å². The zero-order valence-electron chi connectivity index (χ0n) is 16.6. The van der Waals surface area contributed by atoms with Gasteiger partial charge in [0.25, 0.3) is 0 Å². The van der Waals surface area contributed by atoms with Crippen LogP contribution in [0, 0.1) is 0 Å². The first-order valence-corrected chi connectivity index (χ1v) is 11.5. The maximum absolute atomic E-state index is 6.14. The lowest BCUT2D eigenvalue weighted by Crippen LogP contribution is -2.18. The molecule has 0 unspecified atom stereocenters. The molecule has 0 spiro atoms. The second-order valence-corrected chi connectivity index (χ2v) is 9.08. The summed E-state index contributed by atoms with van der Waals surface area (Å²) in [6.45, 7) is 3.26. The van der Waals surface area contributed by atoms with Crippen LogP contribution in [0.25, 0.3) is 0 Å². The van der Waals surface area contributed by atoms with Crippen molar-refractivity contribution in [3.63, 3.8) is 0 Å². The molecule has 9 nitrogen and oxygen atoms in total. The molecule has 6 rings (SSSR count). The summed E-state index contributed by atoms with van der Waals surface area (Å²) in [6.07, 6.45) is -1.48. The molecule has 3 aromatic heterocycles. The summed E-state index contributed by atoms with van der Waals surface area (Å²) < 4.78 is 51.8. The molecule has 6 heterocycles. The molecule has 31 heavy (non-hydrogen) atoms. The monoisotopic (exact) mass is 448 g/mol. The van der Waals surface area contributed by atoms with E-state index in [1.54, 1.807) is 0 Å². The highest BCUT2D eigenvalue weighted by atomic mass is 31.1. The van der Waals surface area contributed by atoms with Crippen LogP contribution >= 0.6 is 7.92 Å². The second kappa shape index (κ2) is 8.52. The minimum absolute atomic E-state index is 0.495. The van der Waals surface area contributed by atoms with Gasteiger partial charge in [-0.3, -0.25) is 0 Å². The number of hydrogen-bond acceptors (Lipinski definition) is 9. The van der Waals surface area contributed by atoms with Gasteiger partial charge >= 0.3 is 0 Å². The van der Waals surface area contributed by atoms with Crippen LogP contribution < -0.4 is 16.5 Å². The molecular weight excluding hydrogens is 427 g/mol. The minimum Gasteiger partial charge on any atom is -0.455 e. The third-order valence-corrected chi connectivity index (χ3v) is 7.10. The van der Waals surface area contributed by atoms with Crippen molar-refractivity contribution in [1.82, 2.24) is 0 Å². The van der Waals surface area contributed by atoms with Crippen molar-refractivity contribution in [3.8, 4) is 0 Å². The van der Waals surface area contributed by atoms with E-state index in [0.29, 0.717) is 73.4 Å². The number of ether oxygens (including phenoxy) is 6. The Hall–Kier alpha value is -1.97. The molecule has 0 saturated carbocycles. The Morgan fingerprint density at radius 1 is 0.452 bits per heavy atom. The van der Waals surface area contributed by atoms with Gasteiger partial charge in [0.05, 0.1) is 39.6 Å². The molecule has 3 fully saturated rings. The summed E-state index contributed by atoms with van der Waals surface area (Å²) in [5, 5.41) is 0. The number of furan rings is 3. The van der Waals surface area contributed by atoms with E-state index >= 15 is 0 Å². The van der Waals surface area contributed by atoms with Crippen molar-refractivity contribution in [2.75, 3.05) is 39.6 Å². The largest absolute Gasteiger partial charge is 0.455 e. The van der Waals surface area contributed by atoms with E-state index in [2.05, 4.69) is 0 Å². The zero-order chi connectivity index (χ0) is 20.6. The van der Waals surface area contributed by atoms with E-state index in [4.69, 9.17) is 41.7 Å². The van der Waals surface area contributed by atoms with Gasteiger partial charge in [0, 0.05) is 0 Å². The van der Waals surface area contributed by atoms with E-state index in [-0.39, 0.29) is 0 Å². The van der Waals surface area contributed by atoms with Crippen LogP contribution in [-0.2, 0) is 28.4 Å². The van der Waals surface area contributed by atoms with Gasteiger partial charge in [-0.2, -0.15) is 0 Å². The highest BCUT2D eigenvalue weighted by Gasteiger charge is 2.32. The summed E-state index contributed by atoms with van der Waals surface area (Å²) in [5.74, 6) is 1.84. The van der Waals surface area contributed by atoms with Gasteiger partial charge in [0.1, 0.15) is 24.4 Å². The first kappa shape index (κ1) is 19.7. The normalized spacial score (nSPS) is 21.2. The Kier molecular flexibility index (Phi) is 5.41. The summed E-state index contributed by atoms with van der Waals surface area (Å²) in [7, 11) is -1.26. The second-order valence-electron chi connectivity index (χ2n) is 7.08. The van der Waals surface area contributed by atoms with Gasteiger partial charge in [-0.25, -0.2) is 0 Å². The summed E-state index contributed by atoms with van der Waals surface area (Å²) in [5.41, 5.74) is 2.10. The molecule has 0 atom stereocenters. The number of rotatable bonds is 6. The fraction of sp³-hybridized carbons (Fsp3) is 0.429. The van der Waals surface area contributed by atoms with Crippen LogP contribution in [0.3, 0.4) is 0 Å². The Balaban J connectivity index is 1.34. The van der Waals surface area contributed by atoms with E-state index in [9.17, 15) is 0 Å². The van der Waals surface area contributed by atoms with Gasteiger partial charge in [0.2, 0.25) is 18.9 Å². The fourth-order valence-electron chi connectivity index (χ4n) is 3.66. The minimum atomic E-state index is -1.26. The van der Waals surface area contributed by atoms with E-state index in [1.165, 1.54) is 0 Å². The van der Waals surface area contributed by atoms with Crippen LogP contribution in [0.2, 0.25) is 0 Å². The zero-order valence-corrected chi connectivity index (χ0v) is 17.5. The predicted molar refractivity (Wildman–Crippen MR) is 106 cm³/mol. The molecule has 3 aliphatic rings. The van der Waals surface area contributed by atoms with Crippen molar-refractivity contribution in [3.05, 3.63) is 53.7 Å². The molecule has 3 aromatic rings. The van der Waals surface area contributed by atoms with Gasteiger partial charge in [0.15, 0.2) is 17.3 Å². The smallest absolute Gasteiger partial charge is 0.217 e. The SMILES string of the molecule is c1cc(P(c2ccc(C3OCCO3)o2)c2ccc(C3OCCO3)o2)oc1C1OCCO1. The van der Waals surface area contributed by atoms with Gasteiger partial charge in [-0.1, -0.05) is 0 Å². The first-order valence-electron chi connectivity index (χ1n) is 10.1. The highest BCUT2D eigenvalue weighted by molar-refractivity contribution is 7.78. The topological polar surface area (TPSA) is 94.8 Å². The van der Waals surface area contributed by atoms with E-state index in [0.717, 1.165) is 0 Å². The molecule has 10 heteroatoms. The lowest BCUT2D eigenvalue weighted by Gasteiger charge is -2.12. The van der Waals surface area contributed by atoms with Crippen molar-refractivity contribution in [2.24, 2.45) is 0 Å². The highest BCUT2D eigenvalue weighted by Crippen LogP contribution is 2.38. The van der Waals surface area contributed by atoms with Crippen LogP contribution in [0.15, 0.2) is 49.6 Å². The summed E-state index contributed by atoms with van der Waals surface area (Å²) in [4.78, 5) is 0. The van der Waals surface area contributed by atoms with Crippen LogP contribution in [-0.4, -0.2) is 39.6 Å². The average molecular weight is 448 g/mol.